The second-order valence-electron chi connectivity index (χ2n) is 5.14. The summed E-state index contributed by atoms with van der Waals surface area (Å²) in [5, 5.41) is 3.28. The highest BCUT2D eigenvalue weighted by Gasteiger charge is 2.43. The van der Waals surface area contributed by atoms with Gasteiger partial charge in [0.15, 0.2) is 0 Å². The molecular formula is C12H21F2N. The van der Waals surface area contributed by atoms with Crippen LogP contribution in [0.5, 0.6) is 0 Å². The Kier molecular flexibility index (Phi) is 3.60. The second kappa shape index (κ2) is 4.77. The third-order valence-electron chi connectivity index (χ3n) is 3.96. The van der Waals surface area contributed by atoms with Gasteiger partial charge in [-0.3, -0.25) is 0 Å². The van der Waals surface area contributed by atoms with Crippen LogP contribution in [0.25, 0.3) is 0 Å². The molecule has 3 heteroatoms. The summed E-state index contributed by atoms with van der Waals surface area (Å²) in [4.78, 5) is 0. The van der Waals surface area contributed by atoms with Crippen molar-refractivity contribution in [1.29, 1.82) is 0 Å². The van der Waals surface area contributed by atoms with Crippen LogP contribution in [0.1, 0.15) is 44.9 Å². The maximum absolute atomic E-state index is 13.8. The monoisotopic (exact) mass is 217 g/mol. The maximum Gasteiger partial charge on any atom is 0.251 e. The lowest BCUT2D eigenvalue weighted by Crippen LogP contribution is -2.35. The van der Waals surface area contributed by atoms with Crippen molar-refractivity contribution in [3.63, 3.8) is 0 Å². The van der Waals surface area contributed by atoms with Gasteiger partial charge in [0.2, 0.25) is 0 Å². The number of hydrogen-bond donors (Lipinski definition) is 1. The molecule has 0 aromatic rings. The molecule has 1 unspecified atom stereocenters. The fourth-order valence-electron chi connectivity index (χ4n) is 2.68. The Morgan fingerprint density at radius 2 is 1.80 bits per heavy atom. The molecule has 0 radical (unpaired) electrons. The molecule has 88 valence electrons. The van der Waals surface area contributed by atoms with Crippen molar-refractivity contribution >= 4 is 0 Å². The molecule has 0 amide bonds. The van der Waals surface area contributed by atoms with Gasteiger partial charge >= 0.3 is 0 Å². The minimum Gasteiger partial charge on any atom is -0.317 e. The van der Waals surface area contributed by atoms with Crippen LogP contribution in [0, 0.1) is 11.8 Å². The van der Waals surface area contributed by atoms with E-state index in [0.717, 1.165) is 51.6 Å². The predicted molar refractivity (Wildman–Crippen MR) is 57.1 cm³/mol. The van der Waals surface area contributed by atoms with Gasteiger partial charge in [-0.25, -0.2) is 8.78 Å². The standard InChI is InChI=1S/C12H21F2N/c13-12(14,11-4-1-5-11)9-10-3-2-7-15-8-6-10/h10-11,15H,1-9H2. The summed E-state index contributed by atoms with van der Waals surface area (Å²) in [5.74, 6) is -2.43. The van der Waals surface area contributed by atoms with Crippen molar-refractivity contribution in [1.82, 2.24) is 5.32 Å². The molecule has 1 saturated heterocycles. The number of rotatable bonds is 3. The van der Waals surface area contributed by atoms with Crippen LogP contribution in [0.2, 0.25) is 0 Å². The van der Waals surface area contributed by atoms with Crippen LogP contribution < -0.4 is 5.32 Å². The van der Waals surface area contributed by atoms with Crippen LogP contribution in [-0.4, -0.2) is 19.0 Å². The SMILES string of the molecule is FC(F)(CC1CCCNCC1)C1CCC1. The molecule has 15 heavy (non-hydrogen) atoms. The van der Waals surface area contributed by atoms with Crippen molar-refractivity contribution in [3.8, 4) is 0 Å². The predicted octanol–water partition coefficient (Wildman–Crippen LogP) is 3.20. The van der Waals surface area contributed by atoms with Crippen molar-refractivity contribution in [2.45, 2.75) is 50.9 Å². The summed E-state index contributed by atoms with van der Waals surface area (Å²) in [6, 6.07) is 0. The molecule has 1 heterocycles. The molecule has 0 spiro atoms. The normalized spacial score (nSPS) is 29.6. The second-order valence-corrected chi connectivity index (χ2v) is 5.14. The lowest BCUT2D eigenvalue weighted by Gasteiger charge is -2.35. The first-order valence-corrected chi connectivity index (χ1v) is 6.27. The highest BCUT2D eigenvalue weighted by molar-refractivity contribution is 4.86. The molecule has 0 aromatic carbocycles. The van der Waals surface area contributed by atoms with Crippen molar-refractivity contribution in [2.24, 2.45) is 11.8 Å². The maximum atomic E-state index is 13.8. The van der Waals surface area contributed by atoms with E-state index in [-0.39, 0.29) is 18.3 Å². The summed E-state index contributed by atoms with van der Waals surface area (Å²) in [6.45, 7) is 1.93. The van der Waals surface area contributed by atoms with Gasteiger partial charge in [0.05, 0.1) is 0 Å². The molecule has 1 aliphatic heterocycles. The Morgan fingerprint density at radius 3 is 2.47 bits per heavy atom. The number of alkyl halides is 2. The van der Waals surface area contributed by atoms with Gasteiger partial charge in [0.1, 0.15) is 0 Å². The average molecular weight is 217 g/mol. The fraction of sp³-hybridized carbons (Fsp3) is 1.00. The van der Waals surface area contributed by atoms with Crippen LogP contribution in [-0.2, 0) is 0 Å². The number of hydrogen-bond acceptors (Lipinski definition) is 1. The molecule has 0 bridgehead atoms. The quantitative estimate of drug-likeness (QED) is 0.765. The Balaban J connectivity index is 1.82. The third-order valence-corrected chi connectivity index (χ3v) is 3.96. The lowest BCUT2D eigenvalue weighted by molar-refractivity contribution is -0.104. The van der Waals surface area contributed by atoms with Gasteiger partial charge in [-0.15, -0.1) is 0 Å². The Hall–Kier alpha value is -0.180. The first-order valence-electron chi connectivity index (χ1n) is 6.27. The smallest absolute Gasteiger partial charge is 0.251 e. The molecule has 1 nitrogen and oxygen atoms in total. The van der Waals surface area contributed by atoms with E-state index in [2.05, 4.69) is 5.32 Å². The van der Waals surface area contributed by atoms with E-state index in [1.165, 1.54) is 0 Å². The highest BCUT2D eigenvalue weighted by Crippen LogP contribution is 2.44. The summed E-state index contributed by atoms with van der Waals surface area (Å²) < 4.78 is 27.5. The lowest BCUT2D eigenvalue weighted by atomic mass is 9.76. The van der Waals surface area contributed by atoms with Crippen molar-refractivity contribution < 1.29 is 8.78 Å². The number of halogens is 2. The van der Waals surface area contributed by atoms with E-state index in [1.54, 1.807) is 0 Å². The Bertz CT molecular complexity index is 194. The van der Waals surface area contributed by atoms with E-state index in [0.29, 0.717) is 0 Å². The van der Waals surface area contributed by atoms with Gasteiger partial charge in [0.25, 0.3) is 5.92 Å². The molecule has 1 aliphatic carbocycles. The Labute approximate surface area is 90.6 Å². The van der Waals surface area contributed by atoms with Crippen LogP contribution in [0.4, 0.5) is 8.78 Å². The topological polar surface area (TPSA) is 12.0 Å². The van der Waals surface area contributed by atoms with Crippen LogP contribution in [0.3, 0.4) is 0 Å². The van der Waals surface area contributed by atoms with Gasteiger partial charge in [-0.05, 0) is 51.1 Å². The summed E-state index contributed by atoms with van der Waals surface area (Å²) in [7, 11) is 0. The highest BCUT2D eigenvalue weighted by atomic mass is 19.3. The molecular weight excluding hydrogens is 196 g/mol. The minimum atomic E-state index is -2.38. The zero-order valence-corrected chi connectivity index (χ0v) is 9.27. The summed E-state index contributed by atoms with van der Waals surface area (Å²) in [6.07, 6.45) is 5.62. The van der Waals surface area contributed by atoms with E-state index < -0.39 is 5.92 Å². The minimum absolute atomic E-state index is 0.138. The zero-order chi connectivity index (χ0) is 10.7. The van der Waals surface area contributed by atoms with Crippen molar-refractivity contribution in [2.75, 3.05) is 13.1 Å². The van der Waals surface area contributed by atoms with Gasteiger partial charge in [-0.1, -0.05) is 6.42 Å². The molecule has 2 aliphatic rings. The molecule has 1 N–H and O–H groups in total. The average Bonchev–Trinajstić information content (AvgIpc) is 2.27. The van der Waals surface area contributed by atoms with E-state index >= 15 is 0 Å². The first kappa shape index (κ1) is 11.3. The van der Waals surface area contributed by atoms with Gasteiger partial charge in [-0.2, -0.15) is 0 Å². The molecule has 1 saturated carbocycles. The molecule has 0 aromatic heterocycles. The summed E-state index contributed by atoms with van der Waals surface area (Å²) in [5.41, 5.74) is 0. The van der Waals surface area contributed by atoms with Gasteiger partial charge in [0, 0.05) is 12.3 Å². The number of nitrogens with one attached hydrogen (secondary N) is 1. The van der Waals surface area contributed by atoms with Gasteiger partial charge < -0.3 is 5.32 Å². The van der Waals surface area contributed by atoms with Crippen molar-refractivity contribution in [3.05, 3.63) is 0 Å². The molecule has 2 rings (SSSR count). The largest absolute Gasteiger partial charge is 0.317 e. The van der Waals surface area contributed by atoms with E-state index in [1.807, 2.05) is 0 Å². The van der Waals surface area contributed by atoms with E-state index in [9.17, 15) is 8.78 Å². The third kappa shape index (κ3) is 2.90. The van der Waals surface area contributed by atoms with Crippen LogP contribution >= 0.6 is 0 Å². The first-order chi connectivity index (χ1) is 7.18. The fourth-order valence-corrected chi connectivity index (χ4v) is 2.68. The zero-order valence-electron chi connectivity index (χ0n) is 9.27. The van der Waals surface area contributed by atoms with E-state index in [4.69, 9.17) is 0 Å². The molecule has 2 fully saturated rings. The Morgan fingerprint density at radius 1 is 1.00 bits per heavy atom. The van der Waals surface area contributed by atoms with Crippen LogP contribution in [0.15, 0.2) is 0 Å². The molecule has 1 atom stereocenters. The summed E-state index contributed by atoms with van der Waals surface area (Å²) >= 11 is 0.